The number of hydrogen-bond acceptors (Lipinski definition) is 4. The monoisotopic (exact) mass is 256 g/mol. The van der Waals surface area contributed by atoms with Gasteiger partial charge in [0.15, 0.2) is 6.61 Å². The van der Waals surface area contributed by atoms with E-state index in [0.29, 0.717) is 5.69 Å². The van der Waals surface area contributed by atoms with Crippen LogP contribution in [0.25, 0.3) is 17.0 Å². The number of nitrogens with two attached hydrogens (primary N) is 1. The van der Waals surface area contributed by atoms with Crippen LogP contribution >= 0.6 is 0 Å². The number of esters is 1. The minimum absolute atomic E-state index is 0.422. The molecule has 0 fully saturated rings. The molecule has 0 atom stereocenters. The fourth-order valence-corrected chi connectivity index (χ4v) is 1.52. The molecule has 1 aromatic carbocycles. The molecule has 0 radical (unpaired) electrons. The molecule has 0 saturated heterocycles. The van der Waals surface area contributed by atoms with Gasteiger partial charge in [-0.3, -0.25) is 4.79 Å². The first-order chi connectivity index (χ1) is 9.15. The molecule has 0 aliphatic heterocycles. The van der Waals surface area contributed by atoms with Crippen molar-refractivity contribution in [3.05, 3.63) is 48.2 Å². The molecule has 2 rings (SSSR count). The molecule has 0 aliphatic carbocycles. The molecule has 0 saturated carbocycles. The zero-order chi connectivity index (χ0) is 13.7. The lowest BCUT2D eigenvalue weighted by Gasteiger charge is -1.99. The fraction of sp³-hybridized carbons (Fsp3) is 0.0714. The highest BCUT2D eigenvalue weighted by Crippen LogP contribution is 2.12. The first-order valence-corrected chi connectivity index (χ1v) is 5.64. The average molecular weight is 256 g/mol. The van der Waals surface area contributed by atoms with Crippen molar-refractivity contribution in [3.8, 4) is 0 Å². The lowest BCUT2D eigenvalue weighted by Crippen LogP contribution is -2.19. The number of nitrogens with zero attached hydrogens (tertiary/aromatic N) is 1. The maximum atomic E-state index is 11.2. The maximum Gasteiger partial charge on any atom is 0.331 e. The molecular formula is C14H12N2O3. The van der Waals surface area contributed by atoms with Crippen LogP contribution in [0.2, 0.25) is 0 Å². The van der Waals surface area contributed by atoms with Gasteiger partial charge in [0.25, 0.3) is 5.91 Å². The van der Waals surface area contributed by atoms with Gasteiger partial charge in [-0.05, 0) is 18.2 Å². The number of carbonyl (C=O) groups is 2. The third-order valence-electron chi connectivity index (χ3n) is 2.37. The Labute approximate surface area is 109 Å². The number of amides is 1. The van der Waals surface area contributed by atoms with Gasteiger partial charge < -0.3 is 10.5 Å². The molecule has 2 N–H and O–H groups in total. The number of fused-ring (bicyclic) bond motifs is 1. The zero-order valence-electron chi connectivity index (χ0n) is 10.1. The molecule has 5 nitrogen and oxygen atoms in total. The van der Waals surface area contributed by atoms with Crippen molar-refractivity contribution < 1.29 is 14.3 Å². The van der Waals surface area contributed by atoms with Crippen molar-refractivity contribution in [1.29, 1.82) is 0 Å². The topological polar surface area (TPSA) is 82.3 Å². The smallest absolute Gasteiger partial charge is 0.331 e. The highest BCUT2D eigenvalue weighted by atomic mass is 16.5. The predicted octanol–water partition coefficient (Wildman–Crippen LogP) is 1.28. The number of primary amides is 1. The second kappa shape index (κ2) is 5.77. The Hall–Kier alpha value is -2.69. The molecule has 1 aromatic heterocycles. The van der Waals surface area contributed by atoms with Gasteiger partial charge in [0.1, 0.15) is 0 Å². The minimum atomic E-state index is -0.689. The number of ether oxygens (including phenoxy) is 1. The zero-order valence-corrected chi connectivity index (χ0v) is 10.1. The standard InChI is InChI=1S/C14H12N2O3/c15-13(17)9-19-14(18)8-7-11-6-5-10-3-1-2-4-12(10)16-11/h1-8H,9H2,(H2,15,17)/b8-7+. The number of para-hydroxylation sites is 1. The van der Waals surface area contributed by atoms with Crippen LogP contribution in [0, 0.1) is 0 Å². The summed E-state index contributed by atoms with van der Waals surface area (Å²) in [6.07, 6.45) is 2.73. The first-order valence-electron chi connectivity index (χ1n) is 5.64. The van der Waals surface area contributed by atoms with E-state index in [0.717, 1.165) is 10.9 Å². The highest BCUT2D eigenvalue weighted by Gasteiger charge is 2.00. The van der Waals surface area contributed by atoms with Crippen LogP contribution < -0.4 is 5.73 Å². The van der Waals surface area contributed by atoms with Gasteiger partial charge in [-0.15, -0.1) is 0 Å². The van der Waals surface area contributed by atoms with Gasteiger partial charge in [0.05, 0.1) is 11.2 Å². The molecule has 1 amide bonds. The van der Waals surface area contributed by atoms with E-state index < -0.39 is 18.5 Å². The molecule has 0 bridgehead atoms. The third-order valence-corrected chi connectivity index (χ3v) is 2.37. The fourth-order valence-electron chi connectivity index (χ4n) is 1.52. The van der Waals surface area contributed by atoms with Crippen LogP contribution in [0.3, 0.4) is 0 Å². The molecule has 19 heavy (non-hydrogen) atoms. The Morgan fingerprint density at radius 1 is 1.21 bits per heavy atom. The van der Waals surface area contributed by atoms with Crippen molar-refractivity contribution in [2.24, 2.45) is 5.73 Å². The summed E-state index contributed by atoms with van der Waals surface area (Å²) in [5.41, 5.74) is 6.33. The van der Waals surface area contributed by atoms with E-state index >= 15 is 0 Å². The number of rotatable bonds is 4. The summed E-state index contributed by atoms with van der Waals surface area (Å²) >= 11 is 0. The van der Waals surface area contributed by atoms with Crippen molar-refractivity contribution in [2.45, 2.75) is 0 Å². The van der Waals surface area contributed by atoms with E-state index in [1.165, 1.54) is 12.2 Å². The van der Waals surface area contributed by atoms with Gasteiger partial charge >= 0.3 is 5.97 Å². The molecule has 1 heterocycles. The van der Waals surface area contributed by atoms with Crippen LogP contribution in [0.5, 0.6) is 0 Å². The van der Waals surface area contributed by atoms with Gasteiger partial charge in [-0.25, -0.2) is 9.78 Å². The lowest BCUT2D eigenvalue weighted by molar-refractivity contribution is -0.142. The Morgan fingerprint density at radius 3 is 2.79 bits per heavy atom. The molecule has 0 unspecified atom stereocenters. The third kappa shape index (κ3) is 3.64. The van der Waals surface area contributed by atoms with Crippen LogP contribution in [-0.2, 0) is 14.3 Å². The number of benzene rings is 1. The summed E-state index contributed by atoms with van der Waals surface area (Å²) in [7, 11) is 0. The van der Waals surface area contributed by atoms with Gasteiger partial charge in [-0.1, -0.05) is 24.3 Å². The van der Waals surface area contributed by atoms with Crippen LogP contribution in [0.15, 0.2) is 42.5 Å². The van der Waals surface area contributed by atoms with Gasteiger partial charge in [0, 0.05) is 11.5 Å². The quantitative estimate of drug-likeness (QED) is 0.659. The van der Waals surface area contributed by atoms with Crippen LogP contribution in [0.4, 0.5) is 0 Å². The first kappa shape index (κ1) is 12.8. The largest absolute Gasteiger partial charge is 0.452 e. The Balaban J connectivity index is 2.08. The van der Waals surface area contributed by atoms with Crippen molar-refractivity contribution in [1.82, 2.24) is 4.98 Å². The SMILES string of the molecule is NC(=O)COC(=O)/C=C/c1ccc2ccccc2n1. The summed E-state index contributed by atoms with van der Waals surface area (Å²) in [5, 5.41) is 1.02. The van der Waals surface area contributed by atoms with E-state index in [4.69, 9.17) is 5.73 Å². The van der Waals surface area contributed by atoms with E-state index in [9.17, 15) is 9.59 Å². The summed E-state index contributed by atoms with van der Waals surface area (Å²) in [5.74, 6) is -1.32. The molecule has 0 aliphatic rings. The summed E-state index contributed by atoms with van der Waals surface area (Å²) in [4.78, 5) is 26.0. The Kier molecular flexibility index (Phi) is 3.87. The van der Waals surface area contributed by atoms with Crippen molar-refractivity contribution in [3.63, 3.8) is 0 Å². The minimum Gasteiger partial charge on any atom is -0.452 e. The normalized spacial score (nSPS) is 10.7. The highest BCUT2D eigenvalue weighted by molar-refractivity contribution is 5.89. The number of aromatic nitrogens is 1. The average Bonchev–Trinajstić information content (AvgIpc) is 2.42. The van der Waals surface area contributed by atoms with Gasteiger partial charge in [0.2, 0.25) is 0 Å². The number of pyridine rings is 1. The van der Waals surface area contributed by atoms with E-state index in [-0.39, 0.29) is 0 Å². The number of hydrogen-bond donors (Lipinski definition) is 1. The summed E-state index contributed by atoms with van der Waals surface area (Å²) in [6, 6.07) is 11.4. The Bertz CT molecular complexity index is 650. The van der Waals surface area contributed by atoms with Crippen molar-refractivity contribution in [2.75, 3.05) is 6.61 Å². The maximum absolute atomic E-state index is 11.2. The van der Waals surface area contributed by atoms with E-state index in [2.05, 4.69) is 9.72 Å². The lowest BCUT2D eigenvalue weighted by atomic mass is 10.2. The van der Waals surface area contributed by atoms with Crippen LogP contribution in [-0.4, -0.2) is 23.5 Å². The second-order valence-electron chi connectivity index (χ2n) is 3.84. The molecule has 2 aromatic rings. The van der Waals surface area contributed by atoms with Crippen molar-refractivity contribution >= 4 is 28.9 Å². The molecule has 0 spiro atoms. The van der Waals surface area contributed by atoms with Crippen LogP contribution in [0.1, 0.15) is 5.69 Å². The molecular weight excluding hydrogens is 244 g/mol. The van der Waals surface area contributed by atoms with Gasteiger partial charge in [-0.2, -0.15) is 0 Å². The summed E-state index contributed by atoms with van der Waals surface area (Å²) < 4.78 is 4.58. The Morgan fingerprint density at radius 2 is 2.00 bits per heavy atom. The molecule has 5 heteroatoms. The molecule has 96 valence electrons. The van der Waals surface area contributed by atoms with E-state index in [1.54, 1.807) is 6.07 Å². The summed E-state index contributed by atoms with van der Waals surface area (Å²) in [6.45, 7) is -0.422. The predicted molar refractivity (Wildman–Crippen MR) is 70.9 cm³/mol. The second-order valence-corrected chi connectivity index (χ2v) is 3.84. The van der Waals surface area contributed by atoms with E-state index in [1.807, 2.05) is 30.3 Å². The number of carbonyl (C=O) groups excluding carboxylic acids is 2.